The van der Waals surface area contributed by atoms with Gasteiger partial charge in [-0.05, 0) is 36.6 Å². The molecule has 1 fully saturated rings. The van der Waals surface area contributed by atoms with E-state index in [-0.39, 0.29) is 11.5 Å². The third kappa shape index (κ3) is 2.51. The lowest BCUT2D eigenvalue weighted by Crippen LogP contribution is -2.39. The SMILES string of the molecule is O=C(O)c1cccc(C2CCNCC2C(=O)O)c1. The van der Waals surface area contributed by atoms with E-state index in [1.165, 1.54) is 6.07 Å². The molecule has 1 aromatic carbocycles. The Hall–Kier alpha value is -1.88. The van der Waals surface area contributed by atoms with E-state index in [9.17, 15) is 14.7 Å². The van der Waals surface area contributed by atoms with Crippen LogP contribution in [-0.4, -0.2) is 35.2 Å². The molecular weight excluding hydrogens is 234 g/mol. The zero-order valence-electron chi connectivity index (χ0n) is 9.80. The van der Waals surface area contributed by atoms with Crippen LogP contribution in [-0.2, 0) is 4.79 Å². The maximum Gasteiger partial charge on any atom is 0.335 e. The lowest BCUT2D eigenvalue weighted by atomic mass is 9.81. The molecule has 5 nitrogen and oxygen atoms in total. The summed E-state index contributed by atoms with van der Waals surface area (Å²) in [7, 11) is 0. The van der Waals surface area contributed by atoms with Gasteiger partial charge in [0.05, 0.1) is 11.5 Å². The number of aromatic carboxylic acids is 1. The molecular formula is C13H15NO4. The smallest absolute Gasteiger partial charge is 0.335 e. The number of hydrogen-bond donors (Lipinski definition) is 3. The van der Waals surface area contributed by atoms with Crippen molar-refractivity contribution < 1.29 is 19.8 Å². The van der Waals surface area contributed by atoms with Crippen molar-refractivity contribution in [3.63, 3.8) is 0 Å². The van der Waals surface area contributed by atoms with Crippen molar-refractivity contribution in [3.8, 4) is 0 Å². The molecule has 0 amide bonds. The molecule has 0 bridgehead atoms. The Morgan fingerprint density at radius 3 is 2.72 bits per heavy atom. The summed E-state index contributed by atoms with van der Waals surface area (Å²) >= 11 is 0. The molecule has 1 saturated heterocycles. The number of benzene rings is 1. The van der Waals surface area contributed by atoms with E-state index < -0.39 is 17.9 Å². The number of aliphatic carboxylic acids is 1. The van der Waals surface area contributed by atoms with Gasteiger partial charge in [0.2, 0.25) is 0 Å². The number of carboxylic acids is 2. The van der Waals surface area contributed by atoms with Crippen LogP contribution in [0, 0.1) is 5.92 Å². The van der Waals surface area contributed by atoms with E-state index in [2.05, 4.69) is 5.32 Å². The van der Waals surface area contributed by atoms with Crippen molar-refractivity contribution >= 4 is 11.9 Å². The summed E-state index contributed by atoms with van der Waals surface area (Å²) in [6.07, 6.45) is 0.708. The van der Waals surface area contributed by atoms with Gasteiger partial charge in [0, 0.05) is 6.54 Å². The van der Waals surface area contributed by atoms with Gasteiger partial charge in [0.15, 0.2) is 0 Å². The second kappa shape index (κ2) is 5.18. The first-order chi connectivity index (χ1) is 8.59. The van der Waals surface area contributed by atoms with E-state index >= 15 is 0 Å². The minimum Gasteiger partial charge on any atom is -0.481 e. The third-order valence-corrected chi connectivity index (χ3v) is 3.36. The number of nitrogens with one attached hydrogen (secondary N) is 1. The predicted octanol–water partition coefficient (Wildman–Crippen LogP) is 1.16. The first-order valence-electron chi connectivity index (χ1n) is 5.86. The Morgan fingerprint density at radius 2 is 2.06 bits per heavy atom. The molecule has 2 atom stereocenters. The Balaban J connectivity index is 2.30. The fourth-order valence-electron chi connectivity index (χ4n) is 2.42. The Kier molecular flexibility index (Phi) is 3.62. The quantitative estimate of drug-likeness (QED) is 0.748. The lowest BCUT2D eigenvalue weighted by molar-refractivity contribution is -0.142. The summed E-state index contributed by atoms with van der Waals surface area (Å²) in [5, 5.41) is 21.2. The first-order valence-corrected chi connectivity index (χ1v) is 5.86. The largest absolute Gasteiger partial charge is 0.481 e. The molecule has 1 aliphatic heterocycles. The van der Waals surface area contributed by atoms with Gasteiger partial charge in [-0.25, -0.2) is 4.79 Å². The predicted molar refractivity (Wildman–Crippen MR) is 64.8 cm³/mol. The first kappa shape index (κ1) is 12.6. The zero-order valence-corrected chi connectivity index (χ0v) is 9.80. The topological polar surface area (TPSA) is 86.6 Å². The van der Waals surface area contributed by atoms with Crippen molar-refractivity contribution in [2.24, 2.45) is 5.92 Å². The molecule has 2 rings (SSSR count). The summed E-state index contributed by atoms with van der Waals surface area (Å²) in [6.45, 7) is 1.18. The summed E-state index contributed by atoms with van der Waals surface area (Å²) in [5.74, 6) is -2.45. The fraction of sp³-hybridized carbons (Fsp3) is 0.385. The molecule has 0 radical (unpaired) electrons. The summed E-state index contributed by atoms with van der Waals surface area (Å²) in [5.41, 5.74) is 0.999. The average Bonchev–Trinajstić information content (AvgIpc) is 2.39. The normalized spacial score (nSPS) is 23.6. The monoisotopic (exact) mass is 249 g/mol. The molecule has 96 valence electrons. The summed E-state index contributed by atoms with van der Waals surface area (Å²) < 4.78 is 0. The van der Waals surface area contributed by atoms with Gasteiger partial charge >= 0.3 is 11.9 Å². The van der Waals surface area contributed by atoms with Gasteiger partial charge in [-0.3, -0.25) is 4.79 Å². The average molecular weight is 249 g/mol. The molecule has 1 heterocycles. The number of carboxylic acid groups (broad SMARTS) is 2. The number of piperidine rings is 1. The highest BCUT2D eigenvalue weighted by molar-refractivity contribution is 5.87. The van der Waals surface area contributed by atoms with Gasteiger partial charge in [0.25, 0.3) is 0 Å². The van der Waals surface area contributed by atoms with E-state index in [1.54, 1.807) is 18.2 Å². The van der Waals surface area contributed by atoms with E-state index in [4.69, 9.17) is 5.11 Å². The minimum atomic E-state index is -0.988. The van der Waals surface area contributed by atoms with Crippen molar-refractivity contribution in [3.05, 3.63) is 35.4 Å². The van der Waals surface area contributed by atoms with Crippen LogP contribution in [0.5, 0.6) is 0 Å². The number of carbonyl (C=O) groups is 2. The highest BCUT2D eigenvalue weighted by Gasteiger charge is 2.31. The number of hydrogen-bond acceptors (Lipinski definition) is 3. The van der Waals surface area contributed by atoms with Gasteiger partial charge in [0.1, 0.15) is 0 Å². The van der Waals surface area contributed by atoms with E-state index in [0.717, 1.165) is 12.1 Å². The van der Waals surface area contributed by atoms with E-state index in [1.807, 2.05) is 0 Å². The molecule has 2 unspecified atom stereocenters. The van der Waals surface area contributed by atoms with Gasteiger partial charge < -0.3 is 15.5 Å². The Morgan fingerprint density at radius 1 is 1.28 bits per heavy atom. The highest BCUT2D eigenvalue weighted by atomic mass is 16.4. The van der Waals surface area contributed by atoms with Crippen LogP contribution in [0.25, 0.3) is 0 Å². The molecule has 5 heteroatoms. The van der Waals surface area contributed by atoms with Crippen LogP contribution in [0.1, 0.15) is 28.3 Å². The zero-order chi connectivity index (χ0) is 13.1. The molecule has 0 saturated carbocycles. The summed E-state index contributed by atoms with van der Waals surface area (Å²) in [6, 6.07) is 6.56. The second-order valence-electron chi connectivity index (χ2n) is 4.47. The van der Waals surface area contributed by atoms with Crippen molar-refractivity contribution in [1.82, 2.24) is 5.32 Å². The van der Waals surface area contributed by atoms with E-state index in [0.29, 0.717) is 13.0 Å². The molecule has 0 aliphatic carbocycles. The minimum absolute atomic E-state index is 0.122. The molecule has 1 aromatic rings. The molecule has 0 spiro atoms. The van der Waals surface area contributed by atoms with Crippen LogP contribution >= 0.6 is 0 Å². The third-order valence-electron chi connectivity index (χ3n) is 3.36. The van der Waals surface area contributed by atoms with Crippen molar-refractivity contribution in [2.45, 2.75) is 12.3 Å². The maximum absolute atomic E-state index is 11.2. The van der Waals surface area contributed by atoms with Crippen LogP contribution in [0.15, 0.2) is 24.3 Å². The van der Waals surface area contributed by atoms with Gasteiger partial charge in [-0.15, -0.1) is 0 Å². The summed E-state index contributed by atoms with van der Waals surface area (Å²) in [4.78, 5) is 22.1. The highest BCUT2D eigenvalue weighted by Crippen LogP contribution is 2.30. The van der Waals surface area contributed by atoms with Crippen molar-refractivity contribution in [2.75, 3.05) is 13.1 Å². The molecule has 1 aliphatic rings. The Bertz CT molecular complexity index is 472. The molecule has 0 aromatic heterocycles. The van der Waals surface area contributed by atoms with Gasteiger partial charge in [-0.2, -0.15) is 0 Å². The molecule has 3 N–H and O–H groups in total. The standard InChI is InChI=1S/C13H15NO4/c15-12(16)9-3-1-2-8(6-9)10-4-5-14-7-11(10)13(17)18/h1-3,6,10-11,14H,4-5,7H2,(H,15,16)(H,17,18). The fourth-order valence-corrected chi connectivity index (χ4v) is 2.42. The van der Waals surface area contributed by atoms with Crippen LogP contribution in [0.4, 0.5) is 0 Å². The van der Waals surface area contributed by atoms with Crippen LogP contribution in [0.3, 0.4) is 0 Å². The number of rotatable bonds is 3. The second-order valence-corrected chi connectivity index (χ2v) is 4.47. The molecule has 18 heavy (non-hydrogen) atoms. The van der Waals surface area contributed by atoms with Crippen molar-refractivity contribution in [1.29, 1.82) is 0 Å². The Labute approximate surface area is 104 Å². The maximum atomic E-state index is 11.2. The lowest BCUT2D eigenvalue weighted by Gasteiger charge is -2.29. The van der Waals surface area contributed by atoms with Gasteiger partial charge in [-0.1, -0.05) is 12.1 Å². The van der Waals surface area contributed by atoms with Crippen LogP contribution < -0.4 is 5.32 Å². The van der Waals surface area contributed by atoms with Crippen LogP contribution in [0.2, 0.25) is 0 Å².